The van der Waals surface area contributed by atoms with Crippen LogP contribution in [0.4, 0.5) is 13.2 Å². The molecule has 1 fully saturated rings. The minimum Gasteiger partial charge on any atom is -0.467 e. The predicted octanol–water partition coefficient (Wildman–Crippen LogP) is 4.76. The molecule has 176 valence electrons. The number of aromatic nitrogens is 3. The molecule has 0 N–H and O–H groups in total. The quantitative estimate of drug-likeness (QED) is 0.390. The van der Waals surface area contributed by atoms with Gasteiger partial charge in [0.1, 0.15) is 5.75 Å². The molecule has 0 saturated carbocycles. The van der Waals surface area contributed by atoms with E-state index < -0.39 is 11.7 Å². The third-order valence-corrected chi connectivity index (χ3v) is 5.62. The first-order chi connectivity index (χ1) is 15.7. The molecule has 1 aliphatic heterocycles. The first-order valence-corrected chi connectivity index (χ1v) is 10.8. The largest absolute Gasteiger partial charge is 0.467 e. The number of pyridine rings is 1. The second-order valence-corrected chi connectivity index (χ2v) is 8.00. The maximum absolute atomic E-state index is 13.4. The number of aryl methyl sites for hydroxylation is 2. The van der Waals surface area contributed by atoms with Crippen LogP contribution < -0.4 is 9.75 Å². The van der Waals surface area contributed by atoms with Gasteiger partial charge in [-0.2, -0.15) is 18.0 Å². The van der Waals surface area contributed by atoms with Crippen molar-refractivity contribution in [2.45, 2.75) is 46.2 Å². The average Bonchev–Trinajstić information content (AvgIpc) is 3.18. The van der Waals surface area contributed by atoms with Crippen LogP contribution in [-0.2, 0) is 15.7 Å². The lowest BCUT2D eigenvalue weighted by Crippen LogP contribution is -2.44. The average molecular weight is 462 g/mol. The minimum absolute atomic E-state index is 0.00266. The minimum atomic E-state index is -4.51. The summed E-state index contributed by atoms with van der Waals surface area (Å²) in [4.78, 5) is 18.4. The van der Waals surface area contributed by atoms with Gasteiger partial charge in [-0.15, -0.1) is 5.10 Å². The van der Waals surface area contributed by atoms with E-state index in [1.54, 1.807) is 31.1 Å². The molecule has 7 nitrogen and oxygen atoms in total. The summed E-state index contributed by atoms with van der Waals surface area (Å²) in [5, 5.41) is 6.84. The lowest BCUT2D eigenvalue weighted by molar-refractivity contribution is -0.137. The number of nitrogens with zero attached hydrogens (tertiary/aromatic N) is 4. The van der Waals surface area contributed by atoms with Gasteiger partial charge in [0.05, 0.1) is 17.5 Å². The van der Waals surface area contributed by atoms with Crippen molar-refractivity contribution >= 4 is 16.9 Å². The number of benzene rings is 1. The maximum atomic E-state index is 13.4. The zero-order valence-electron chi connectivity index (χ0n) is 18.7. The molecule has 10 heteroatoms. The topological polar surface area (TPSA) is 69.5 Å². The van der Waals surface area contributed by atoms with Crippen molar-refractivity contribution in [2.24, 2.45) is 0 Å². The number of alkyl halides is 3. The van der Waals surface area contributed by atoms with Gasteiger partial charge in [-0.25, -0.2) is 9.99 Å². The van der Waals surface area contributed by atoms with Gasteiger partial charge in [-0.1, -0.05) is 0 Å². The SMILES string of the molecule is CCOCOc1cc(C(F)(F)F)cc(C)c1-c1cc(C)c2cn(N3CCCCC3=O)nc2n1. The van der Waals surface area contributed by atoms with Gasteiger partial charge in [-0.05, 0) is 62.9 Å². The fraction of sp³-hybridized carbons (Fsp3) is 0.435. The maximum Gasteiger partial charge on any atom is 0.416 e. The van der Waals surface area contributed by atoms with Gasteiger partial charge >= 0.3 is 6.18 Å². The van der Waals surface area contributed by atoms with E-state index in [1.165, 1.54) is 4.79 Å². The molecule has 1 saturated heterocycles. The van der Waals surface area contributed by atoms with Crippen molar-refractivity contribution in [1.29, 1.82) is 0 Å². The van der Waals surface area contributed by atoms with E-state index in [-0.39, 0.29) is 18.4 Å². The van der Waals surface area contributed by atoms with Gasteiger partial charge in [0.15, 0.2) is 12.4 Å². The van der Waals surface area contributed by atoms with Gasteiger partial charge in [0, 0.05) is 30.5 Å². The van der Waals surface area contributed by atoms with Crippen molar-refractivity contribution in [3.05, 3.63) is 41.1 Å². The molecule has 0 aliphatic carbocycles. The number of amides is 1. The fourth-order valence-corrected chi connectivity index (χ4v) is 3.95. The second-order valence-electron chi connectivity index (χ2n) is 8.00. The zero-order chi connectivity index (χ0) is 23.8. The standard InChI is InChI=1S/C23H25F3N4O3/c1-4-32-13-33-19-11-16(23(24,25)26)9-15(3)21(19)18-10-14(2)17-12-30(28-22(17)27-18)29-8-6-5-7-20(29)31/h9-12H,4-8,13H2,1-3H3. The number of halogens is 3. The molecule has 0 radical (unpaired) electrons. The molecule has 3 heterocycles. The van der Waals surface area contributed by atoms with Crippen LogP contribution in [0.1, 0.15) is 42.9 Å². The lowest BCUT2D eigenvalue weighted by atomic mass is 9.99. The molecule has 4 rings (SSSR count). The Morgan fingerprint density at radius 2 is 1.91 bits per heavy atom. The fourth-order valence-electron chi connectivity index (χ4n) is 3.95. The highest BCUT2D eigenvalue weighted by atomic mass is 19.4. The van der Waals surface area contributed by atoms with E-state index >= 15 is 0 Å². The first-order valence-electron chi connectivity index (χ1n) is 10.8. The Bertz CT molecular complexity index is 1190. The molecule has 0 atom stereocenters. The molecule has 1 amide bonds. The van der Waals surface area contributed by atoms with Crippen LogP contribution in [0.15, 0.2) is 24.4 Å². The van der Waals surface area contributed by atoms with Crippen LogP contribution in [0.5, 0.6) is 5.75 Å². The Labute approximate surface area is 189 Å². The van der Waals surface area contributed by atoms with E-state index in [1.807, 2.05) is 6.92 Å². The van der Waals surface area contributed by atoms with Crippen LogP contribution in [0, 0.1) is 13.8 Å². The number of carbonyl (C=O) groups is 1. The lowest BCUT2D eigenvalue weighted by Gasteiger charge is -2.25. The van der Waals surface area contributed by atoms with E-state index in [4.69, 9.17) is 9.47 Å². The number of rotatable bonds is 6. The summed E-state index contributed by atoms with van der Waals surface area (Å²) in [5.74, 6) is 0.0322. The second kappa shape index (κ2) is 9.01. The first kappa shape index (κ1) is 23.0. The number of fused-ring (bicyclic) bond motifs is 1. The van der Waals surface area contributed by atoms with Crippen LogP contribution in [0.25, 0.3) is 22.3 Å². The van der Waals surface area contributed by atoms with Crippen LogP contribution >= 0.6 is 0 Å². The van der Waals surface area contributed by atoms with Crippen molar-refractivity contribution in [2.75, 3.05) is 25.0 Å². The molecule has 1 aliphatic rings. The summed E-state index contributed by atoms with van der Waals surface area (Å²) in [6.45, 7) is 5.98. The summed E-state index contributed by atoms with van der Waals surface area (Å²) in [6, 6.07) is 3.83. The molecule has 2 aromatic heterocycles. The van der Waals surface area contributed by atoms with Gasteiger partial charge in [0.2, 0.25) is 5.91 Å². The summed E-state index contributed by atoms with van der Waals surface area (Å²) >= 11 is 0. The van der Waals surface area contributed by atoms with Crippen LogP contribution in [-0.4, -0.2) is 40.7 Å². The number of ether oxygens (including phenoxy) is 2. The third kappa shape index (κ3) is 4.66. The Balaban J connectivity index is 1.81. The predicted molar refractivity (Wildman–Crippen MR) is 117 cm³/mol. The number of hydrogen-bond donors (Lipinski definition) is 0. The zero-order valence-corrected chi connectivity index (χ0v) is 18.7. The van der Waals surface area contributed by atoms with Gasteiger partial charge in [-0.3, -0.25) is 4.79 Å². The van der Waals surface area contributed by atoms with Crippen molar-refractivity contribution in [3.8, 4) is 17.0 Å². The summed E-state index contributed by atoms with van der Waals surface area (Å²) in [6.07, 6.45) is -0.532. The Morgan fingerprint density at radius 3 is 2.61 bits per heavy atom. The van der Waals surface area contributed by atoms with Crippen molar-refractivity contribution < 1.29 is 27.4 Å². The Kier molecular flexibility index (Phi) is 6.29. The van der Waals surface area contributed by atoms with E-state index in [2.05, 4.69) is 10.1 Å². The molecular formula is C23H25F3N4O3. The number of piperidine rings is 1. The highest BCUT2D eigenvalue weighted by Crippen LogP contribution is 2.40. The summed E-state index contributed by atoms with van der Waals surface area (Å²) < 4.78 is 51.0. The normalized spacial score (nSPS) is 14.8. The van der Waals surface area contributed by atoms with Crippen LogP contribution in [0.3, 0.4) is 0 Å². The molecule has 0 unspecified atom stereocenters. The highest BCUT2D eigenvalue weighted by molar-refractivity contribution is 5.88. The Morgan fingerprint density at radius 1 is 1.12 bits per heavy atom. The van der Waals surface area contributed by atoms with E-state index in [0.717, 1.165) is 35.9 Å². The smallest absolute Gasteiger partial charge is 0.416 e. The molecular weight excluding hydrogens is 437 g/mol. The highest BCUT2D eigenvalue weighted by Gasteiger charge is 2.32. The van der Waals surface area contributed by atoms with Gasteiger partial charge in [0.25, 0.3) is 0 Å². The van der Waals surface area contributed by atoms with E-state index in [9.17, 15) is 18.0 Å². The molecule has 3 aromatic rings. The molecule has 0 spiro atoms. The van der Waals surface area contributed by atoms with Gasteiger partial charge < -0.3 is 9.47 Å². The number of carbonyl (C=O) groups excluding carboxylic acids is 1. The third-order valence-electron chi connectivity index (χ3n) is 5.62. The van der Waals surface area contributed by atoms with Crippen molar-refractivity contribution in [1.82, 2.24) is 14.9 Å². The molecule has 0 bridgehead atoms. The monoisotopic (exact) mass is 462 g/mol. The van der Waals surface area contributed by atoms with E-state index in [0.29, 0.717) is 42.0 Å². The molecule has 1 aromatic carbocycles. The summed E-state index contributed by atoms with van der Waals surface area (Å²) in [7, 11) is 0. The number of hydrogen-bond acceptors (Lipinski definition) is 5. The molecule has 33 heavy (non-hydrogen) atoms. The Hall–Kier alpha value is -3.14. The van der Waals surface area contributed by atoms with Crippen molar-refractivity contribution in [3.63, 3.8) is 0 Å². The van der Waals surface area contributed by atoms with Crippen LogP contribution in [0.2, 0.25) is 0 Å². The summed E-state index contributed by atoms with van der Waals surface area (Å²) in [5.41, 5.74) is 1.68.